The van der Waals surface area contributed by atoms with Crippen LogP contribution >= 0.6 is 34.7 Å². The number of anilines is 1. The third-order valence-corrected chi connectivity index (χ3v) is 9.57. The standard InChI is InChI=1S/C22H23ClN2OS2/c23-17-3-1-2-16(7-17)20-25(19(26)12-27-20)21-24-18(11-28-21)22-8-13-4-14(9-22)6-15(5-13)10-22/h1-3,7,11,13-15,20H,4-6,8-10,12H2. The van der Waals surface area contributed by atoms with E-state index in [1.165, 1.54) is 44.2 Å². The van der Waals surface area contributed by atoms with Crippen LogP contribution in [-0.4, -0.2) is 16.6 Å². The van der Waals surface area contributed by atoms with Crippen molar-refractivity contribution in [2.45, 2.75) is 49.3 Å². The number of carbonyl (C=O) groups excluding carboxylic acids is 1. The number of carbonyl (C=O) groups is 1. The quantitative estimate of drug-likeness (QED) is 0.594. The number of rotatable bonds is 3. The number of hydrogen-bond donors (Lipinski definition) is 0. The van der Waals surface area contributed by atoms with Crippen LogP contribution in [0.3, 0.4) is 0 Å². The van der Waals surface area contributed by atoms with Gasteiger partial charge < -0.3 is 0 Å². The molecule has 1 aromatic carbocycles. The average molecular weight is 431 g/mol. The molecule has 4 aliphatic carbocycles. The van der Waals surface area contributed by atoms with Crippen molar-refractivity contribution in [3.8, 4) is 0 Å². The van der Waals surface area contributed by atoms with Gasteiger partial charge in [0.15, 0.2) is 5.13 Å². The van der Waals surface area contributed by atoms with Crippen LogP contribution in [0.5, 0.6) is 0 Å². The van der Waals surface area contributed by atoms with Gasteiger partial charge in [0.25, 0.3) is 0 Å². The van der Waals surface area contributed by atoms with Crippen LogP contribution in [0.1, 0.15) is 55.2 Å². The number of thiazole rings is 1. The summed E-state index contributed by atoms with van der Waals surface area (Å²) < 4.78 is 0. The van der Waals surface area contributed by atoms with E-state index < -0.39 is 0 Å². The second-order valence-corrected chi connectivity index (χ2v) is 11.5. The lowest BCUT2D eigenvalue weighted by Crippen LogP contribution is -2.48. The van der Waals surface area contributed by atoms with Crippen LogP contribution in [0.25, 0.3) is 0 Å². The van der Waals surface area contributed by atoms with Crippen molar-refractivity contribution in [1.29, 1.82) is 0 Å². The van der Waals surface area contributed by atoms with Crippen molar-refractivity contribution in [3.63, 3.8) is 0 Å². The van der Waals surface area contributed by atoms with Gasteiger partial charge in [-0.25, -0.2) is 4.98 Å². The number of hydrogen-bond acceptors (Lipinski definition) is 4. The molecule has 3 nitrogen and oxygen atoms in total. The monoisotopic (exact) mass is 430 g/mol. The fraction of sp³-hybridized carbons (Fsp3) is 0.545. The molecule has 5 aliphatic rings. The maximum atomic E-state index is 12.7. The van der Waals surface area contributed by atoms with Gasteiger partial charge in [0.1, 0.15) is 5.37 Å². The minimum Gasteiger partial charge on any atom is -0.273 e. The van der Waals surface area contributed by atoms with Crippen molar-refractivity contribution in [2.75, 3.05) is 10.7 Å². The molecule has 0 radical (unpaired) electrons. The molecule has 1 amide bonds. The molecular weight excluding hydrogens is 408 g/mol. The molecule has 7 rings (SSSR count). The minimum atomic E-state index is -0.0263. The van der Waals surface area contributed by atoms with E-state index in [-0.39, 0.29) is 16.7 Å². The predicted octanol–water partition coefficient (Wildman–Crippen LogP) is 6.04. The summed E-state index contributed by atoms with van der Waals surface area (Å²) in [4.78, 5) is 19.8. The van der Waals surface area contributed by atoms with Gasteiger partial charge in [-0.2, -0.15) is 0 Å². The van der Waals surface area contributed by atoms with E-state index >= 15 is 0 Å². The number of aromatic nitrogens is 1. The maximum Gasteiger partial charge on any atom is 0.240 e. The van der Waals surface area contributed by atoms with Crippen molar-refractivity contribution in [2.24, 2.45) is 17.8 Å². The highest BCUT2D eigenvalue weighted by Gasteiger charge is 2.53. The maximum absolute atomic E-state index is 12.7. The van der Waals surface area contributed by atoms with Gasteiger partial charge in [-0.05, 0) is 74.0 Å². The summed E-state index contributed by atoms with van der Waals surface area (Å²) in [7, 11) is 0. The first-order chi connectivity index (χ1) is 13.6. The molecule has 2 aromatic rings. The third-order valence-electron chi connectivity index (χ3n) is 7.28. The summed E-state index contributed by atoms with van der Waals surface area (Å²) in [6, 6.07) is 7.87. The molecule has 146 valence electrons. The van der Waals surface area contributed by atoms with Crippen molar-refractivity contribution < 1.29 is 4.79 Å². The van der Waals surface area contributed by atoms with Crippen LogP contribution in [0.4, 0.5) is 5.13 Å². The smallest absolute Gasteiger partial charge is 0.240 e. The molecule has 5 fully saturated rings. The Hall–Kier alpha value is -1.04. The number of nitrogens with zero attached hydrogens (tertiary/aromatic N) is 2. The highest BCUT2D eigenvalue weighted by atomic mass is 35.5. The predicted molar refractivity (Wildman–Crippen MR) is 116 cm³/mol. The van der Waals surface area contributed by atoms with E-state index in [0.29, 0.717) is 10.8 Å². The van der Waals surface area contributed by atoms with Crippen LogP contribution in [0.2, 0.25) is 5.02 Å². The Morgan fingerprint density at radius 2 is 1.82 bits per heavy atom. The van der Waals surface area contributed by atoms with Gasteiger partial charge in [-0.15, -0.1) is 23.1 Å². The zero-order valence-corrected chi connectivity index (χ0v) is 18.0. The topological polar surface area (TPSA) is 33.2 Å². The Morgan fingerprint density at radius 1 is 1.11 bits per heavy atom. The Bertz CT molecular complexity index is 907. The van der Waals surface area contributed by atoms with E-state index in [1.807, 2.05) is 23.1 Å². The molecule has 1 unspecified atom stereocenters. The van der Waals surface area contributed by atoms with Crippen molar-refractivity contribution in [3.05, 3.63) is 45.9 Å². The fourth-order valence-electron chi connectivity index (χ4n) is 6.58. The van der Waals surface area contributed by atoms with Crippen LogP contribution in [0.15, 0.2) is 29.6 Å². The average Bonchev–Trinajstić information content (AvgIpc) is 3.27. The Balaban J connectivity index is 1.33. The molecule has 28 heavy (non-hydrogen) atoms. The second-order valence-electron chi connectivity index (χ2n) is 9.20. The zero-order chi connectivity index (χ0) is 18.9. The van der Waals surface area contributed by atoms with Crippen LogP contribution in [-0.2, 0) is 10.2 Å². The Morgan fingerprint density at radius 3 is 2.50 bits per heavy atom. The summed E-state index contributed by atoms with van der Waals surface area (Å²) in [6.07, 6.45) is 8.24. The molecule has 6 heteroatoms. The molecule has 1 aliphatic heterocycles. The summed E-state index contributed by atoms with van der Waals surface area (Å²) in [5.74, 6) is 3.36. The van der Waals surface area contributed by atoms with Gasteiger partial charge in [0.2, 0.25) is 5.91 Å². The first-order valence-corrected chi connectivity index (χ1v) is 12.6. The molecule has 0 N–H and O–H groups in total. The summed E-state index contributed by atoms with van der Waals surface area (Å²) >= 11 is 9.53. The largest absolute Gasteiger partial charge is 0.273 e. The lowest BCUT2D eigenvalue weighted by atomic mass is 9.49. The minimum absolute atomic E-state index is 0.0263. The second kappa shape index (κ2) is 6.48. The van der Waals surface area contributed by atoms with E-state index in [4.69, 9.17) is 16.6 Å². The van der Waals surface area contributed by atoms with Crippen LogP contribution in [0, 0.1) is 17.8 Å². The summed E-state index contributed by atoms with van der Waals surface area (Å²) in [5.41, 5.74) is 2.63. The SMILES string of the molecule is O=C1CSC(c2cccc(Cl)c2)N1c1nc(C23CC4CC(CC(C4)C2)C3)cs1. The first kappa shape index (κ1) is 17.8. The van der Waals surface area contributed by atoms with E-state index in [1.54, 1.807) is 23.1 Å². The number of halogens is 1. The van der Waals surface area contributed by atoms with Gasteiger partial charge >= 0.3 is 0 Å². The summed E-state index contributed by atoms with van der Waals surface area (Å²) in [5, 5.41) is 3.81. The molecule has 0 spiro atoms. The van der Waals surface area contributed by atoms with Gasteiger partial charge in [-0.3, -0.25) is 9.69 Å². The number of amides is 1. The molecule has 1 saturated heterocycles. The highest BCUT2D eigenvalue weighted by Crippen LogP contribution is 2.61. The zero-order valence-electron chi connectivity index (χ0n) is 15.6. The van der Waals surface area contributed by atoms with Gasteiger partial charge in [-0.1, -0.05) is 23.7 Å². The molecule has 1 aromatic heterocycles. The summed E-state index contributed by atoms with van der Waals surface area (Å²) in [6.45, 7) is 0. The first-order valence-electron chi connectivity index (χ1n) is 10.2. The third kappa shape index (κ3) is 2.77. The van der Waals surface area contributed by atoms with Crippen LogP contribution < -0.4 is 4.90 Å². The molecule has 4 bridgehead atoms. The highest BCUT2D eigenvalue weighted by molar-refractivity contribution is 8.00. The van der Waals surface area contributed by atoms with E-state index in [9.17, 15) is 4.79 Å². The normalized spacial score (nSPS) is 36.5. The number of thioether (sulfide) groups is 1. The lowest BCUT2D eigenvalue weighted by Gasteiger charge is -2.56. The van der Waals surface area contributed by atoms with Crippen molar-refractivity contribution in [1.82, 2.24) is 4.98 Å². The fourth-order valence-corrected chi connectivity index (χ4v) is 8.98. The molecule has 1 atom stereocenters. The van der Waals surface area contributed by atoms with Gasteiger partial charge in [0.05, 0.1) is 11.4 Å². The van der Waals surface area contributed by atoms with E-state index in [2.05, 4.69) is 11.4 Å². The molecule has 2 heterocycles. The Kier molecular flexibility index (Phi) is 4.12. The lowest BCUT2D eigenvalue weighted by molar-refractivity contribution is -0.115. The number of benzene rings is 1. The van der Waals surface area contributed by atoms with Gasteiger partial charge in [0, 0.05) is 15.8 Å². The van der Waals surface area contributed by atoms with Crippen molar-refractivity contribution >= 4 is 45.7 Å². The molecule has 4 saturated carbocycles. The van der Waals surface area contributed by atoms with E-state index in [0.717, 1.165) is 28.4 Å². The Labute approximate surface area is 178 Å². The molecular formula is C22H23ClN2OS2.